The lowest BCUT2D eigenvalue weighted by atomic mass is 9.78. The van der Waals surface area contributed by atoms with Crippen molar-refractivity contribution in [3.63, 3.8) is 0 Å². The quantitative estimate of drug-likeness (QED) is 0.165. The van der Waals surface area contributed by atoms with Gasteiger partial charge in [0.05, 0.1) is 5.56 Å². The monoisotopic (exact) mass is 440 g/mol. The molecule has 3 aromatic rings. The van der Waals surface area contributed by atoms with Gasteiger partial charge in [-0.2, -0.15) is 0 Å². The summed E-state index contributed by atoms with van der Waals surface area (Å²) in [6, 6.07) is 7.65. The van der Waals surface area contributed by atoms with Crippen molar-refractivity contribution in [3.8, 4) is 11.8 Å². The van der Waals surface area contributed by atoms with Gasteiger partial charge in [-0.15, -0.1) is 0 Å². The second-order valence-corrected chi connectivity index (χ2v) is 8.16. The van der Waals surface area contributed by atoms with Gasteiger partial charge in [-0.3, -0.25) is 0 Å². The Balaban J connectivity index is 1.62. The van der Waals surface area contributed by atoms with Crippen LogP contribution in [-0.4, -0.2) is 0 Å². The normalized spacial score (nSPS) is 18.7. The standard InChI is InChI=1S/C27H21F5/c1-2-3-16-4-8-18(9-5-16)25-24(30)14-20(26(31)27(25)32)11-7-17-6-10-19-13-22(28)23(29)15-21(19)12-17/h2-3,6,10,12-16,18H,4-5,8-9H2,1H3/b3-2+. The predicted molar refractivity (Wildman–Crippen MR) is 116 cm³/mol. The first-order valence-electron chi connectivity index (χ1n) is 10.6. The second kappa shape index (κ2) is 9.16. The van der Waals surface area contributed by atoms with Crippen molar-refractivity contribution >= 4 is 10.8 Å². The average molecular weight is 440 g/mol. The topological polar surface area (TPSA) is 0 Å². The van der Waals surface area contributed by atoms with Gasteiger partial charge >= 0.3 is 0 Å². The molecule has 0 aliphatic heterocycles. The van der Waals surface area contributed by atoms with Gasteiger partial charge in [0.1, 0.15) is 5.82 Å². The molecule has 0 N–H and O–H groups in total. The van der Waals surface area contributed by atoms with E-state index in [1.807, 2.05) is 13.0 Å². The van der Waals surface area contributed by atoms with E-state index in [4.69, 9.17) is 0 Å². The first kappa shape index (κ1) is 22.1. The summed E-state index contributed by atoms with van der Waals surface area (Å²) in [5.41, 5.74) is -0.193. The van der Waals surface area contributed by atoms with Crippen LogP contribution in [-0.2, 0) is 0 Å². The summed E-state index contributed by atoms with van der Waals surface area (Å²) < 4.78 is 71.1. The third kappa shape index (κ3) is 4.41. The predicted octanol–water partition coefficient (Wildman–Crippen LogP) is 7.79. The van der Waals surface area contributed by atoms with E-state index in [2.05, 4.69) is 17.9 Å². The molecule has 0 aromatic heterocycles. The van der Waals surface area contributed by atoms with Crippen LogP contribution < -0.4 is 0 Å². The van der Waals surface area contributed by atoms with Crippen molar-refractivity contribution < 1.29 is 22.0 Å². The van der Waals surface area contributed by atoms with E-state index in [9.17, 15) is 22.0 Å². The number of fused-ring (bicyclic) bond motifs is 1. The largest absolute Gasteiger partial charge is 0.207 e. The molecule has 164 valence electrons. The molecule has 0 nitrogen and oxygen atoms in total. The van der Waals surface area contributed by atoms with Crippen LogP contribution in [0.5, 0.6) is 0 Å². The minimum Gasteiger partial charge on any atom is -0.207 e. The summed E-state index contributed by atoms with van der Waals surface area (Å²) in [6.45, 7) is 1.94. The fraction of sp³-hybridized carbons (Fsp3) is 0.259. The zero-order valence-corrected chi connectivity index (χ0v) is 17.5. The molecule has 32 heavy (non-hydrogen) atoms. The van der Waals surface area contributed by atoms with Gasteiger partial charge in [0, 0.05) is 11.1 Å². The third-order valence-corrected chi connectivity index (χ3v) is 6.06. The zero-order valence-electron chi connectivity index (χ0n) is 17.5. The Morgan fingerprint density at radius 3 is 2.12 bits per heavy atom. The van der Waals surface area contributed by atoms with Gasteiger partial charge in [0.25, 0.3) is 0 Å². The Hall–Kier alpha value is -3.13. The van der Waals surface area contributed by atoms with Crippen molar-refractivity contribution in [2.24, 2.45) is 5.92 Å². The minimum absolute atomic E-state index is 0.199. The molecule has 0 saturated heterocycles. The number of allylic oxidation sites excluding steroid dienone is 2. The van der Waals surface area contributed by atoms with Crippen LogP contribution in [0, 0.1) is 46.8 Å². The molecule has 0 radical (unpaired) electrons. The van der Waals surface area contributed by atoms with E-state index in [0.717, 1.165) is 31.0 Å². The molecule has 1 aliphatic carbocycles. The Bertz CT molecular complexity index is 1250. The highest BCUT2D eigenvalue weighted by molar-refractivity contribution is 5.84. The van der Waals surface area contributed by atoms with Crippen LogP contribution >= 0.6 is 0 Å². The maximum Gasteiger partial charge on any atom is 0.174 e. The highest BCUT2D eigenvalue weighted by atomic mass is 19.2. The lowest BCUT2D eigenvalue weighted by Gasteiger charge is -2.27. The Morgan fingerprint density at radius 1 is 0.750 bits per heavy atom. The summed E-state index contributed by atoms with van der Waals surface area (Å²) in [6.07, 6.45) is 6.89. The van der Waals surface area contributed by atoms with E-state index in [0.29, 0.717) is 35.1 Å². The van der Waals surface area contributed by atoms with Crippen molar-refractivity contribution in [1.29, 1.82) is 0 Å². The fourth-order valence-corrected chi connectivity index (χ4v) is 4.41. The minimum atomic E-state index is -1.18. The molecule has 5 heteroatoms. The first-order valence-corrected chi connectivity index (χ1v) is 10.6. The van der Waals surface area contributed by atoms with Crippen molar-refractivity contribution in [2.75, 3.05) is 0 Å². The molecule has 0 spiro atoms. The highest BCUT2D eigenvalue weighted by Gasteiger charge is 2.28. The summed E-state index contributed by atoms with van der Waals surface area (Å²) in [4.78, 5) is 0. The maximum atomic E-state index is 14.8. The van der Waals surface area contributed by atoms with Crippen LogP contribution in [0.4, 0.5) is 22.0 Å². The van der Waals surface area contributed by atoms with Gasteiger partial charge in [-0.05, 0) is 85.5 Å². The van der Waals surface area contributed by atoms with Crippen LogP contribution in [0.3, 0.4) is 0 Å². The highest BCUT2D eigenvalue weighted by Crippen LogP contribution is 2.39. The molecule has 1 aliphatic rings. The van der Waals surface area contributed by atoms with E-state index in [-0.39, 0.29) is 17.0 Å². The third-order valence-electron chi connectivity index (χ3n) is 6.06. The van der Waals surface area contributed by atoms with Crippen molar-refractivity contribution in [3.05, 3.63) is 94.3 Å². The van der Waals surface area contributed by atoms with Crippen LogP contribution in [0.2, 0.25) is 0 Å². The summed E-state index contributed by atoms with van der Waals surface area (Å²) >= 11 is 0. The Morgan fingerprint density at radius 2 is 1.44 bits per heavy atom. The van der Waals surface area contributed by atoms with Gasteiger partial charge in [-0.1, -0.05) is 30.1 Å². The second-order valence-electron chi connectivity index (χ2n) is 8.16. The molecule has 0 heterocycles. The van der Waals surface area contributed by atoms with Crippen LogP contribution in [0.15, 0.2) is 48.6 Å². The van der Waals surface area contributed by atoms with Gasteiger partial charge in [0.2, 0.25) is 0 Å². The lowest BCUT2D eigenvalue weighted by molar-refractivity contribution is 0.353. The van der Waals surface area contributed by atoms with Gasteiger partial charge in [0.15, 0.2) is 23.3 Å². The molecule has 0 atom stereocenters. The maximum absolute atomic E-state index is 14.8. The van der Waals surface area contributed by atoms with Gasteiger partial charge in [-0.25, -0.2) is 22.0 Å². The SMILES string of the molecule is C/C=C/C1CCC(c2c(F)cc(C#Cc3ccc4cc(F)c(F)cc4c3)c(F)c2F)CC1. The van der Waals surface area contributed by atoms with Crippen LogP contribution in [0.1, 0.15) is 55.2 Å². The Labute approximate surface area is 183 Å². The molecule has 4 rings (SSSR count). The van der Waals surface area contributed by atoms with Crippen molar-refractivity contribution in [1.82, 2.24) is 0 Å². The number of halogens is 5. The number of benzene rings is 3. The molecule has 0 amide bonds. The first-order chi connectivity index (χ1) is 15.4. The number of rotatable bonds is 2. The van der Waals surface area contributed by atoms with E-state index >= 15 is 0 Å². The molecule has 0 unspecified atom stereocenters. The molecule has 1 fully saturated rings. The number of hydrogen-bond acceptors (Lipinski definition) is 0. The van der Waals surface area contributed by atoms with E-state index in [1.54, 1.807) is 12.1 Å². The average Bonchev–Trinajstić information content (AvgIpc) is 2.77. The molecule has 0 bridgehead atoms. The van der Waals surface area contributed by atoms with Gasteiger partial charge < -0.3 is 0 Å². The molecule has 3 aromatic carbocycles. The summed E-state index contributed by atoms with van der Waals surface area (Å²) in [5.74, 6) is 0.0702. The molecule has 1 saturated carbocycles. The van der Waals surface area contributed by atoms with E-state index in [1.165, 1.54) is 6.07 Å². The van der Waals surface area contributed by atoms with E-state index < -0.39 is 29.1 Å². The Kier molecular flexibility index (Phi) is 6.32. The number of hydrogen-bond donors (Lipinski definition) is 0. The van der Waals surface area contributed by atoms with Crippen LogP contribution in [0.25, 0.3) is 10.8 Å². The molecular formula is C27H21F5. The smallest absolute Gasteiger partial charge is 0.174 e. The lowest BCUT2D eigenvalue weighted by Crippen LogP contribution is -2.15. The summed E-state index contributed by atoms with van der Waals surface area (Å²) in [7, 11) is 0. The summed E-state index contributed by atoms with van der Waals surface area (Å²) in [5, 5.41) is 0.892. The van der Waals surface area contributed by atoms with Crippen molar-refractivity contribution in [2.45, 2.75) is 38.5 Å². The fourth-order valence-electron chi connectivity index (χ4n) is 4.41. The zero-order chi connectivity index (χ0) is 22.8. The molecular weight excluding hydrogens is 419 g/mol.